The van der Waals surface area contributed by atoms with Crippen LogP contribution < -0.4 is 0 Å². The summed E-state index contributed by atoms with van der Waals surface area (Å²) in [6, 6.07) is 1.71. The van der Waals surface area contributed by atoms with Crippen molar-refractivity contribution in [2.75, 3.05) is 19.1 Å². The van der Waals surface area contributed by atoms with Crippen molar-refractivity contribution in [1.29, 1.82) is 5.26 Å². The summed E-state index contributed by atoms with van der Waals surface area (Å²) < 4.78 is 174. The number of alkyl halides is 11. The van der Waals surface area contributed by atoms with Gasteiger partial charge in [-0.25, -0.2) is 0 Å². The van der Waals surface area contributed by atoms with Crippen LogP contribution in [0.1, 0.15) is 19.3 Å². The maximum atomic E-state index is 13.7. The van der Waals surface area contributed by atoms with Crippen LogP contribution in [0, 0.1) is 11.3 Å². The Morgan fingerprint density at radius 2 is 1.27 bits per heavy atom. The number of nitriles is 1. The van der Waals surface area contributed by atoms with Gasteiger partial charge in [0, 0.05) is 18.9 Å². The highest BCUT2D eigenvalue weighted by Crippen LogP contribution is 2.60. The quantitative estimate of drug-likeness (QED) is 0.290. The Morgan fingerprint density at radius 1 is 0.800 bits per heavy atom. The minimum absolute atomic E-state index is 0.00503. The third-order valence-electron chi connectivity index (χ3n) is 3.13. The van der Waals surface area contributed by atoms with Gasteiger partial charge in [0.05, 0.1) is 12.7 Å². The van der Waals surface area contributed by atoms with Gasteiger partial charge in [0.25, 0.3) is 0 Å². The van der Waals surface area contributed by atoms with Crippen LogP contribution in [0.15, 0.2) is 0 Å². The number of hydrogen-bond donors (Lipinski definition) is 0. The molecule has 0 saturated carbocycles. The molecule has 0 heterocycles. The van der Waals surface area contributed by atoms with E-state index in [9.17, 15) is 56.7 Å². The zero-order valence-corrected chi connectivity index (χ0v) is 16.5. The summed E-state index contributed by atoms with van der Waals surface area (Å²) in [6.45, 7) is -0.468. The fraction of sp³-hybridized carbons (Fsp3) is 0.917. The van der Waals surface area contributed by atoms with E-state index in [1.165, 1.54) is 0 Å². The second-order valence-corrected chi connectivity index (χ2v) is 10.3. The summed E-state index contributed by atoms with van der Waals surface area (Å²) in [4.78, 5) is 0. The van der Waals surface area contributed by atoms with E-state index in [0.717, 1.165) is 0 Å². The van der Waals surface area contributed by atoms with Crippen LogP contribution in [-0.4, -0.2) is 56.7 Å². The lowest BCUT2D eigenvalue weighted by Crippen LogP contribution is -2.68. The Kier molecular flexibility index (Phi) is 8.51. The first-order valence-electron chi connectivity index (χ1n) is 7.30. The maximum absolute atomic E-state index is 13.7. The molecule has 0 aromatic carbocycles. The first-order valence-corrected chi connectivity index (χ1v) is 11.0. The molecule has 0 rings (SSSR count). The Hall–Kier alpha value is -1.06. The molecule has 0 unspecified atom stereocenters. The lowest BCUT2D eigenvalue weighted by Gasteiger charge is -2.39. The molecule has 18 heteroatoms. The van der Waals surface area contributed by atoms with Gasteiger partial charge in [0.1, 0.15) is 0 Å². The van der Waals surface area contributed by atoms with Gasteiger partial charge in [-0.15, -0.1) is 0 Å². The van der Waals surface area contributed by atoms with Gasteiger partial charge in [-0.3, -0.25) is 4.18 Å². The molecule has 0 atom stereocenters. The predicted octanol–water partition coefficient (Wildman–Crippen LogP) is 5.00. The second kappa shape index (κ2) is 8.82. The molecule has 30 heavy (non-hydrogen) atoms. The minimum Gasteiger partial charge on any atom is -0.284 e. The van der Waals surface area contributed by atoms with E-state index in [1.54, 1.807) is 6.07 Å². The first kappa shape index (κ1) is 28.9. The van der Waals surface area contributed by atoms with Crippen molar-refractivity contribution in [2.24, 2.45) is 0 Å². The van der Waals surface area contributed by atoms with Crippen LogP contribution in [-0.2, 0) is 17.9 Å². The van der Waals surface area contributed by atoms with Crippen LogP contribution in [0.5, 0.6) is 0 Å². The standard InChI is InChI=1S/C12H14F11NO4S2/c1-29(2,27-7-5-3-4-6-24)28-30(25,26)12(22,23)10(17,18)8(13,14)9(15,16)11(19,20)21/h3-5,7H2,1-2H3. The molecule has 180 valence electrons. The average molecular weight is 509 g/mol. The van der Waals surface area contributed by atoms with E-state index < -0.39 is 56.5 Å². The van der Waals surface area contributed by atoms with Gasteiger partial charge in [-0.05, 0) is 12.8 Å². The zero-order chi connectivity index (χ0) is 24.4. The van der Waals surface area contributed by atoms with Crippen molar-refractivity contribution in [3.05, 3.63) is 0 Å². The molecular formula is C12H14F11NO4S2. The molecule has 0 radical (unpaired) electrons. The smallest absolute Gasteiger partial charge is 0.284 e. The second-order valence-electron chi connectivity index (χ2n) is 5.84. The van der Waals surface area contributed by atoms with Crippen molar-refractivity contribution in [1.82, 2.24) is 0 Å². The highest BCUT2D eigenvalue weighted by molar-refractivity contribution is 8.28. The van der Waals surface area contributed by atoms with E-state index >= 15 is 0 Å². The summed E-state index contributed by atoms with van der Waals surface area (Å²) in [5.74, 6) is -23.3. The molecule has 0 aliphatic heterocycles. The van der Waals surface area contributed by atoms with E-state index in [2.05, 4.69) is 3.63 Å². The summed E-state index contributed by atoms with van der Waals surface area (Å²) >= 11 is 0. The Labute approximate surface area is 165 Å². The molecule has 0 spiro atoms. The SMILES string of the molecule is CS(C)(OCCCCC#N)OS(=O)(=O)C(F)(F)C(F)(F)C(F)(F)C(F)(F)C(F)(F)F. The summed E-state index contributed by atoms with van der Waals surface area (Å²) in [5.41, 5.74) is 0. The molecular weight excluding hydrogens is 495 g/mol. The number of nitrogens with zero attached hydrogens (tertiary/aromatic N) is 1. The van der Waals surface area contributed by atoms with E-state index in [4.69, 9.17) is 9.44 Å². The lowest BCUT2D eigenvalue weighted by atomic mass is 10.0. The van der Waals surface area contributed by atoms with Crippen LogP contribution in [0.3, 0.4) is 0 Å². The highest BCUT2D eigenvalue weighted by atomic mass is 32.3. The number of halogens is 11. The van der Waals surface area contributed by atoms with E-state index in [-0.39, 0.29) is 19.3 Å². The summed E-state index contributed by atoms with van der Waals surface area (Å²) in [7, 11) is -10.9. The van der Waals surface area contributed by atoms with Gasteiger partial charge in [0.2, 0.25) is 0 Å². The molecule has 0 aromatic heterocycles. The fourth-order valence-electron chi connectivity index (χ4n) is 1.56. The van der Waals surface area contributed by atoms with Gasteiger partial charge >= 0.3 is 39.3 Å². The number of hydrogen-bond acceptors (Lipinski definition) is 5. The molecule has 0 aromatic rings. The largest absolute Gasteiger partial charge is 0.460 e. The normalized spacial score (nSPS) is 15.7. The van der Waals surface area contributed by atoms with Gasteiger partial charge in [-0.1, -0.05) is 0 Å². The number of rotatable bonds is 11. The van der Waals surface area contributed by atoms with Crippen molar-refractivity contribution in [3.63, 3.8) is 0 Å². The monoisotopic (exact) mass is 509 g/mol. The Balaban J connectivity index is 5.84. The van der Waals surface area contributed by atoms with Crippen LogP contribution in [0.2, 0.25) is 0 Å². The van der Waals surface area contributed by atoms with Gasteiger partial charge in [0.15, 0.2) is 0 Å². The third-order valence-corrected chi connectivity index (χ3v) is 6.77. The van der Waals surface area contributed by atoms with Crippen LogP contribution >= 0.6 is 10.6 Å². The third kappa shape index (κ3) is 5.40. The highest BCUT2D eigenvalue weighted by Gasteiger charge is 2.90. The molecule has 0 aliphatic carbocycles. The summed E-state index contributed by atoms with van der Waals surface area (Å²) in [5, 5.41) is 1.07. The fourth-order valence-corrected chi connectivity index (χ4v) is 4.74. The van der Waals surface area contributed by atoms with Crippen molar-refractivity contribution < 1.29 is 64.5 Å². The average Bonchev–Trinajstić information content (AvgIpc) is 2.51. The topological polar surface area (TPSA) is 76.4 Å². The molecule has 0 saturated heterocycles. The van der Waals surface area contributed by atoms with Crippen LogP contribution in [0.25, 0.3) is 0 Å². The summed E-state index contributed by atoms with van der Waals surface area (Å²) in [6.07, 6.45) is -5.98. The van der Waals surface area contributed by atoms with Gasteiger partial charge in [-0.2, -0.15) is 76.2 Å². The van der Waals surface area contributed by atoms with Crippen molar-refractivity contribution in [2.45, 2.75) is 48.5 Å². The minimum atomic E-state index is -7.88. The van der Waals surface area contributed by atoms with Crippen LogP contribution in [0.4, 0.5) is 48.3 Å². The van der Waals surface area contributed by atoms with Gasteiger partial charge < -0.3 is 0 Å². The van der Waals surface area contributed by atoms with Crippen molar-refractivity contribution >= 4 is 20.7 Å². The number of unbranched alkanes of at least 4 members (excludes halogenated alkanes) is 2. The molecule has 0 bridgehead atoms. The predicted molar refractivity (Wildman–Crippen MR) is 80.7 cm³/mol. The Morgan fingerprint density at radius 3 is 1.67 bits per heavy atom. The molecule has 5 nitrogen and oxygen atoms in total. The van der Waals surface area contributed by atoms with Crippen molar-refractivity contribution in [3.8, 4) is 6.07 Å². The first-order chi connectivity index (χ1) is 13.0. The molecule has 0 fully saturated rings. The lowest BCUT2D eigenvalue weighted by molar-refractivity contribution is -0.413. The molecule has 0 N–H and O–H groups in total. The van der Waals surface area contributed by atoms with E-state index in [1.807, 2.05) is 0 Å². The molecule has 0 aliphatic rings. The maximum Gasteiger partial charge on any atom is 0.460 e. The molecule has 0 amide bonds. The zero-order valence-electron chi connectivity index (χ0n) is 14.9. The van der Waals surface area contributed by atoms with E-state index in [0.29, 0.717) is 12.5 Å². The Bertz CT molecular complexity index is 744.